The molecule has 136 valence electrons. The number of benzene rings is 1. The molecular formula is C20H29N3O2. The van der Waals surface area contributed by atoms with E-state index in [0.717, 1.165) is 57.5 Å². The number of piperidine rings is 1. The summed E-state index contributed by atoms with van der Waals surface area (Å²) >= 11 is 0. The lowest BCUT2D eigenvalue weighted by molar-refractivity contribution is -0.132. The van der Waals surface area contributed by atoms with Crippen LogP contribution in [-0.2, 0) is 4.79 Å². The van der Waals surface area contributed by atoms with Gasteiger partial charge in [0.15, 0.2) is 0 Å². The van der Waals surface area contributed by atoms with Crippen molar-refractivity contribution in [2.45, 2.75) is 44.9 Å². The molecule has 0 aromatic heterocycles. The van der Waals surface area contributed by atoms with Gasteiger partial charge in [-0.05, 0) is 43.7 Å². The summed E-state index contributed by atoms with van der Waals surface area (Å²) in [5.74, 6) is 0.727. The molecule has 1 N–H and O–H groups in total. The monoisotopic (exact) mass is 343 g/mol. The van der Waals surface area contributed by atoms with Gasteiger partial charge in [-0.15, -0.1) is 0 Å². The van der Waals surface area contributed by atoms with Crippen LogP contribution in [0, 0.1) is 5.92 Å². The normalized spacial score (nSPS) is 19.4. The summed E-state index contributed by atoms with van der Waals surface area (Å²) in [7, 11) is 0. The van der Waals surface area contributed by atoms with Gasteiger partial charge in [0.2, 0.25) is 5.91 Å². The highest BCUT2D eigenvalue weighted by Gasteiger charge is 2.26. The van der Waals surface area contributed by atoms with E-state index in [9.17, 15) is 9.59 Å². The van der Waals surface area contributed by atoms with Gasteiger partial charge in [-0.1, -0.05) is 31.0 Å². The minimum atomic E-state index is -0.0384. The standard InChI is InChI=1S/C20H29N3O2/c24-19(22-12-6-1-2-7-13-22)16-17-10-14-23(15-11-17)20(25)21-18-8-4-3-5-9-18/h3-5,8-9,17H,1-2,6-7,10-16H2,(H,21,25). The first kappa shape index (κ1) is 17.8. The fourth-order valence-electron chi connectivity index (χ4n) is 3.76. The van der Waals surface area contributed by atoms with Crippen LogP contribution in [0.1, 0.15) is 44.9 Å². The lowest BCUT2D eigenvalue weighted by Gasteiger charge is -2.32. The van der Waals surface area contributed by atoms with Crippen molar-refractivity contribution < 1.29 is 9.59 Å². The maximum Gasteiger partial charge on any atom is 0.321 e. The Morgan fingerprint density at radius 1 is 0.880 bits per heavy atom. The van der Waals surface area contributed by atoms with Crippen LogP contribution < -0.4 is 5.32 Å². The minimum Gasteiger partial charge on any atom is -0.343 e. The van der Waals surface area contributed by atoms with Crippen LogP contribution >= 0.6 is 0 Å². The van der Waals surface area contributed by atoms with E-state index in [2.05, 4.69) is 10.2 Å². The van der Waals surface area contributed by atoms with E-state index in [-0.39, 0.29) is 6.03 Å². The van der Waals surface area contributed by atoms with Gasteiger partial charge in [0.25, 0.3) is 0 Å². The third-order valence-corrected chi connectivity index (χ3v) is 5.35. The summed E-state index contributed by atoms with van der Waals surface area (Å²) in [6.07, 6.45) is 7.27. The van der Waals surface area contributed by atoms with E-state index in [1.807, 2.05) is 35.2 Å². The zero-order valence-electron chi connectivity index (χ0n) is 15.0. The molecule has 3 rings (SSSR count). The first-order chi connectivity index (χ1) is 12.2. The maximum absolute atomic E-state index is 12.5. The highest BCUT2D eigenvalue weighted by Crippen LogP contribution is 2.23. The first-order valence-electron chi connectivity index (χ1n) is 9.61. The molecule has 3 amide bonds. The molecule has 0 spiro atoms. The molecule has 0 aliphatic carbocycles. The zero-order chi connectivity index (χ0) is 17.5. The van der Waals surface area contributed by atoms with Crippen molar-refractivity contribution in [1.82, 2.24) is 9.80 Å². The number of rotatable bonds is 3. The molecule has 1 aromatic carbocycles. The molecule has 2 saturated heterocycles. The second-order valence-electron chi connectivity index (χ2n) is 7.23. The molecule has 0 unspecified atom stereocenters. The number of carbonyl (C=O) groups excluding carboxylic acids is 2. The van der Waals surface area contributed by atoms with Crippen LogP contribution in [0.4, 0.5) is 10.5 Å². The summed E-state index contributed by atoms with van der Waals surface area (Å²) in [5.41, 5.74) is 0.825. The number of nitrogens with zero attached hydrogens (tertiary/aromatic N) is 2. The van der Waals surface area contributed by atoms with Gasteiger partial charge in [-0.2, -0.15) is 0 Å². The molecule has 2 heterocycles. The Balaban J connectivity index is 1.42. The molecule has 0 atom stereocenters. The summed E-state index contributed by atoms with van der Waals surface area (Å²) in [4.78, 5) is 28.7. The van der Waals surface area contributed by atoms with Gasteiger partial charge in [-0.3, -0.25) is 4.79 Å². The topological polar surface area (TPSA) is 52.7 Å². The number of anilines is 1. The Bertz CT molecular complexity index is 560. The molecule has 0 saturated carbocycles. The van der Waals surface area contributed by atoms with Crippen LogP contribution in [0.3, 0.4) is 0 Å². The minimum absolute atomic E-state index is 0.0384. The highest BCUT2D eigenvalue weighted by molar-refractivity contribution is 5.89. The molecular weight excluding hydrogens is 314 g/mol. The van der Waals surface area contributed by atoms with E-state index in [1.54, 1.807) is 0 Å². The number of likely N-dealkylation sites (tertiary alicyclic amines) is 2. The van der Waals surface area contributed by atoms with Gasteiger partial charge in [0, 0.05) is 38.3 Å². The second-order valence-corrected chi connectivity index (χ2v) is 7.23. The van der Waals surface area contributed by atoms with Gasteiger partial charge in [-0.25, -0.2) is 4.79 Å². The van der Waals surface area contributed by atoms with E-state index in [0.29, 0.717) is 18.2 Å². The lowest BCUT2D eigenvalue weighted by atomic mass is 9.93. The Morgan fingerprint density at radius 2 is 1.52 bits per heavy atom. The largest absolute Gasteiger partial charge is 0.343 e. The molecule has 0 radical (unpaired) electrons. The third kappa shape index (κ3) is 5.21. The smallest absolute Gasteiger partial charge is 0.321 e. The number of para-hydroxylation sites is 1. The number of nitrogens with one attached hydrogen (secondary N) is 1. The summed E-state index contributed by atoms with van der Waals surface area (Å²) in [6, 6.07) is 9.51. The average Bonchev–Trinajstić information content (AvgIpc) is 2.92. The van der Waals surface area contributed by atoms with E-state index >= 15 is 0 Å². The fourth-order valence-corrected chi connectivity index (χ4v) is 3.76. The predicted octanol–water partition coefficient (Wildman–Crippen LogP) is 3.72. The van der Waals surface area contributed by atoms with E-state index in [1.165, 1.54) is 12.8 Å². The summed E-state index contributed by atoms with van der Waals surface area (Å²) < 4.78 is 0. The quantitative estimate of drug-likeness (QED) is 0.909. The maximum atomic E-state index is 12.5. The fraction of sp³-hybridized carbons (Fsp3) is 0.600. The Morgan fingerprint density at radius 3 is 2.16 bits per heavy atom. The molecule has 5 heteroatoms. The van der Waals surface area contributed by atoms with Crippen molar-refractivity contribution in [3.63, 3.8) is 0 Å². The SMILES string of the molecule is O=C(CC1CCN(C(=O)Nc2ccccc2)CC1)N1CCCCCC1. The summed E-state index contributed by atoms with van der Waals surface area (Å²) in [6.45, 7) is 3.32. The average molecular weight is 343 g/mol. The highest BCUT2D eigenvalue weighted by atomic mass is 16.2. The summed E-state index contributed by atoms with van der Waals surface area (Å²) in [5, 5.41) is 2.94. The Hall–Kier alpha value is -2.04. The zero-order valence-corrected chi connectivity index (χ0v) is 15.0. The van der Waals surface area contributed by atoms with Crippen LogP contribution in [0.15, 0.2) is 30.3 Å². The van der Waals surface area contributed by atoms with E-state index < -0.39 is 0 Å². The predicted molar refractivity (Wildman–Crippen MR) is 99.4 cm³/mol. The number of hydrogen-bond acceptors (Lipinski definition) is 2. The van der Waals surface area contributed by atoms with Crippen molar-refractivity contribution in [2.75, 3.05) is 31.5 Å². The first-order valence-corrected chi connectivity index (χ1v) is 9.61. The van der Waals surface area contributed by atoms with Crippen molar-refractivity contribution in [2.24, 2.45) is 5.92 Å². The van der Waals surface area contributed by atoms with Crippen LogP contribution in [0.25, 0.3) is 0 Å². The second kappa shape index (κ2) is 8.88. The van der Waals surface area contributed by atoms with E-state index in [4.69, 9.17) is 0 Å². The Labute approximate surface area is 150 Å². The number of hydrogen-bond donors (Lipinski definition) is 1. The molecule has 25 heavy (non-hydrogen) atoms. The molecule has 1 aromatic rings. The molecule has 2 aliphatic heterocycles. The molecule has 0 bridgehead atoms. The van der Waals surface area contributed by atoms with Gasteiger partial charge >= 0.3 is 6.03 Å². The van der Waals surface area contributed by atoms with Crippen molar-refractivity contribution >= 4 is 17.6 Å². The van der Waals surface area contributed by atoms with Gasteiger partial charge < -0.3 is 15.1 Å². The number of urea groups is 1. The van der Waals surface area contributed by atoms with Crippen molar-refractivity contribution in [3.05, 3.63) is 30.3 Å². The molecule has 5 nitrogen and oxygen atoms in total. The Kier molecular flexibility index (Phi) is 6.31. The van der Waals surface area contributed by atoms with Gasteiger partial charge in [0.05, 0.1) is 0 Å². The van der Waals surface area contributed by atoms with Crippen LogP contribution in [0.5, 0.6) is 0 Å². The molecule has 2 fully saturated rings. The third-order valence-electron chi connectivity index (χ3n) is 5.35. The number of carbonyl (C=O) groups is 2. The van der Waals surface area contributed by atoms with Crippen molar-refractivity contribution in [3.8, 4) is 0 Å². The van der Waals surface area contributed by atoms with Crippen molar-refractivity contribution in [1.29, 1.82) is 0 Å². The lowest BCUT2D eigenvalue weighted by Crippen LogP contribution is -2.42. The number of amides is 3. The van der Waals surface area contributed by atoms with Gasteiger partial charge in [0.1, 0.15) is 0 Å². The van der Waals surface area contributed by atoms with Crippen LogP contribution in [0.2, 0.25) is 0 Å². The van der Waals surface area contributed by atoms with Crippen LogP contribution in [-0.4, -0.2) is 47.9 Å². The molecule has 2 aliphatic rings.